The first-order valence-electron chi connectivity index (χ1n) is 4.58. The van der Waals surface area contributed by atoms with Crippen LogP contribution in [0, 0.1) is 0 Å². The fourth-order valence-electron chi connectivity index (χ4n) is 1.22. The molecule has 2 rings (SSSR count). The molecule has 3 nitrogen and oxygen atoms in total. The summed E-state index contributed by atoms with van der Waals surface area (Å²) in [6.45, 7) is 1.75. The van der Waals surface area contributed by atoms with Gasteiger partial charge in [-0.25, -0.2) is 0 Å². The maximum Gasteiger partial charge on any atom is 0.178 e. The predicted molar refractivity (Wildman–Crippen MR) is 68.8 cm³/mol. The van der Waals surface area contributed by atoms with E-state index in [2.05, 4.69) is 26.1 Å². The third kappa shape index (κ3) is 2.82. The molecule has 0 bridgehead atoms. The molecule has 0 aliphatic rings. The number of aromatic nitrogens is 2. The van der Waals surface area contributed by atoms with E-state index in [0.717, 1.165) is 19.3 Å². The number of benzene rings is 1. The molecule has 0 radical (unpaired) electrons. The van der Waals surface area contributed by atoms with Gasteiger partial charge in [0, 0.05) is 9.37 Å². The van der Waals surface area contributed by atoms with Crippen LogP contribution in [0.4, 0.5) is 0 Å². The Balaban J connectivity index is 2.21. The van der Waals surface area contributed by atoms with Crippen LogP contribution in [0.5, 0.6) is 0 Å². The van der Waals surface area contributed by atoms with Crippen LogP contribution in [0.15, 0.2) is 37.4 Å². The van der Waals surface area contributed by atoms with E-state index in [9.17, 15) is 5.11 Å². The van der Waals surface area contributed by atoms with E-state index >= 15 is 0 Å². The Kier molecular flexibility index (Phi) is 3.96. The van der Waals surface area contributed by atoms with Crippen LogP contribution in [0.25, 0.3) is 0 Å². The summed E-state index contributed by atoms with van der Waals surface area (Å²) in [4.78, 5) is 1.08. The van der Waals surface area contributed by atoms with Crippen LogP contribution in [0.1, 0.15) is 18.6 Å². The van der Waals surface area contributed by atoms with Crippen LogP contribution >= 0.6 is 39.0 Å². The number of aliphatic hydroxyl groups is 1. The number of halogens is 1. The van der Waals surface area contributed by atoms with Gasteiger partial charge in [0.25, 0.3) is 0 Å². The third-order valence-corrected chi connectivity index (χ3v) is 4.42. The average Bonchev–Trinajstić information content (AvgIpc) is 2.70. The second-order valence-corrected chi connectivity index (χ2v) is 6.17. The van der Waals surface area contributed by atoms with Crippen molar-refractivity contribution in [2.24, 2.45) is 0 Å². The molecular formula is C10H9BrN2OS2. The molecule has 1 N–H and O–H groups in total. The molecular weight excluding hydrogens is 308 g/mol. The van der Waals surface area contributed by atoms with Crippen molar-refractivity contribution in [1.82, 2.24) is 10.2 Å². The normalized spacial score (nSPS) is 12.7. The maximum atomic E-state index is 9.50. The standard InChI is InChI=1S/C10H9BrN2OS2/c1-6(14)8-3-2-7(4-9(8)11)16-10-13-12-5-15-10/h2-6,14H,1H3/t6-/m1/s1. The Labute approximate surface area is 110 Å². The van der Waals surface area contributed by atoms with Gasteiger partial charge in [0.2, 0.25) is 0 Å². The highest BCUT2D eigenvalue weighted by atomic mass is 79.9. The van der Waals surface area contributed by atoms with Crippen LogP contribution < -0.4 is 0 Å². The molecule has 6 heteroatoms. The molecule has 1 atom stereocenters. The highest BCUT2D eigenvalue weighted by Crippen LogP contribution is 2.33. The predicted octanol–water partition coefficient (Wildman–Crippen LogP) is 3.51. The van der Waals surface area contributed by atoms with Gasteiger partial charge in [-0.2, -0.15) is 0 Å². The van der Waals surface area contributed by atoms with Crippen molar-refractivity contribution >= 4 is 39.0 Å². The van der Waals surface area contributed by atoms with Crippen molar-refractivity contribution in [1.29, 1.82) is 0 Å². The zero-order valence-corrected chi connectivity index (χ0v) is 11.6. The van der Waals surface area contributed by atoms with E-state index in [0.29, 0.717) is 0 Å². The van der Waals surface area contributed by atoms with E-state index < -0.39 is 6.10 Å². The maximum absolute atomic E-state index is 9.50. The van der Waals surface area contributed by atoms with E-state index in [4.69, 9.17) is 0 Å². The molecule has 0 saturated heterocycles. The van der Waals surface area contributed by atoms with Crippen molar-refractivity contribution in [3.8, 4) is 0 Å². The van der Waals surface area contributed by atoms with E-state index in [1.807, 2.05) is 18.2 Å². The lowest BCUT2D eigenvalue weighted by Gasteiger charge is -2.08. The molecule has 1 aromatic carbocycles. The second-order valence-electron chi connectivity index (χ2n) is 3.17. The van der Waals surface area contributed by atoms with Gasteiger partial charge >= 0.3 is 0 Å². The number of aliphatic hydroxyl groups excluding tert-OH is 1. The lowest BCUT2D eigenvalue weighted by Crippen LogP contribution is -1.92. The molecule has 2 aromatic rings. The lowest BCUT2D eigenvalue weighted by molar-refractivity contribution is 0.198. The van der Waals surface area contributed by atoms with Gasteiger partial charge in [0.05, 0.1) is 6.10 Å². The largest absolute Gasteiger partial charge is 0.389 e. The summed E-state index contributed by atoms with van der Waals surface area (Å²) in [6, 6.07) is 5.87. The van der Waals surface area contributed by atoms with Gasteiger partial charge in [0.15, 0.2) is 4.34 Å². The van der Waals surface area contributed by atoms with Crippen LogP contribution in [-0.2, 0) is 0 Å². The molecule has 0 fully saturated rings. The summed E-state index contributed by atoms with van der Waals surface area (Å²) in [5.41, 5.74) is 2.60. The summed E-state index contributed by atoms with van der Waals surface area (Å²) in [5, 5.41) is 17.2. The first-order chi connectivity index (χ1) is 7.66. The topological polar surface area (TPSA) is 46.0 Å². The van der Waals surface area contributed by atoms with Crippen LogP contribution in [0.2, 0.25) is 0 Å². The number of rotatable bonds is 3. The molecule has 1 heterocycles. The molecule has 0 unspecified atom stereocenters. The fourth-order valence-corrected chi connectivity index (χ4v) is 3.57. The van der Waals surface area contributed by atoms with Gasteiger partial charge in [-0.1, -0.05) is 45.1 Å². The smallest absolute Gasteiger partial charge is 0.178 e. The molecule has 0 amide bonds. The van der Waals surface area contributed by atoms with E-state index in [1.54, 1.807) is 24.2 Å². The minimum Gasteiger partial charge on any atom is -0.389 e. The zero-order valence-electron chi connectivity index (χ0n) is 8.42. The fraction of sp³-hybridized carbons (Fsp3) is 0.200. The van der Waals surface area contributed by atoms with Gasteiger partial charge in [0.1, 0.15) is 5.51 Å². The molecule has 0 aliphatic heterocycles. The molecule has 16 heavy (non-hydrogen) atoms. The van der Waals surface area contributed by atoms with Crippen molar-refractivity contribution in [2.75, 3.05) is 0 Å². The van der Waals surface area contributed by atoms with Crippen molar-refractivity contribution in [3.63, 3.8) is 0 Å². The quantitative estimate of drug-likeness (QED) is 0.941. The summed E-state index contributed by atoms with van der Waals surface area (Å²) >= 11 is 6.52. The van der Waals surface area contributed by atoms with Gasteiger partial charge in [-0.05, 0) is 24.6 Å². The summed E-state index contributed by atoms with van der Waals surface area (Å²) in [7, 11) is 0. The summed E-state index contributed by atoms with van der Waals surface area (Å²) in [6.07, 6.45) is -0.463. The first kappa shape index (κ1) is 12.0. The number of hydrogen-bond donors (Lipinski definition) is 1. The van der Waals surface area contributed by atoms with Crippen LogP contribution in [-0.4, -0.2) is 15.3 Å². The first-order valence-corrected chi connectivity index (χ1v) is 7.07. The highest BCUT2D eigenvalue weighted by molar-refractivity contribution is 9.10. The SMILES string of the molecule is C[C@@H](O)c1ccc(Sc2nncs2)cc1Br. The van der Waals surface area contributed by atoms with E-state index in [1.165, 1.54) is 11.3 Å². The minimum atomic E-state index is -0.463. The third-order valence-electron chi connectivity index (χ3n) is 1.97. The van der Waals surface area contributed by atoms with Gasteiger partial charge in [-0.15, -0.1) is 10.2 Å². The monoisotopic (exact) mass is 316 g/mol. The Morgan fingerprint density at radius 2 is 2.31 bits per heavy atom. The minimum absolute atomic E-state index is 0.463. The molecule has 0 aliphatic carbocycles. The zero-order chi connectivity index (χ0) is 11.5. The van der Waals surface area contributed by atoms with E-state index in [-0.39, 0.29) is 0 Å². The van der Waals surface area contributed by atoms with Crippen LogP contribution in [0.3, 0.4) is 0 Å². The number of nitrogens with zero attached hydrogens (tertiary/aromatic N) is 2. The Hall–Kier alpha value is -0.430. The Morgan fingerprint density at radius 3 is 2.88 bits per heavy atom. The Bertz CT molecular complexity index is 474. The highest BCUT2D eigenvalue weighted by Gasteiger charge is 2.08. The summed E-state index contributed by atoms with van der Waals surface area (Å²) in [5.74, 6) is 0. The Morgan fingerprint density at radius 1 is 1.50 bits per heavy atom. The molecule has 1 aromatic heterocycles. The van der Waals surface area contributed by atoms with Crippen molar-refractivity contribution in [2.45, 2.75) is 22.3 Å². The molecule has 84 valence electrons. The van der Waals surface area contributed by atoms with Crippen molar-refractivity contribution in [3.05, 3.63) is 33.7 Å². The molecule has 0 spiro atoms. The molecule has 0 saturated carbocycles. The lowest BCUT2D eigenvalue weighted by atomic mass is 10.1. The summed E-state index contributed by atoms with van der Waals surface area (Å²) < 4.78 is 1.83. The van der Waals surface area contributed by atoms with Gasteiger partial charge in [-0.3, -0.25) is 0 Å². The average molecular weight is 317 g/mol. The van der Waals surface area contributed by atoms with Gasteiger partial charge < -0.3 is 5.11 Å². The second kappa shape index (κ2) is 5.27. The van der Waals surface area contributed by atoms with Crippen molar-refractivity contribution < 1.29 is 5.11 Å². The number of hydrogen-bond acceptors (Lipinski definition) is 5.